The Kier molecular flexibility index (Phi) is 3.44. The summed E-state index contributed by atoms with van der Waals surface area (Å²) in [6, 6.07) is 0. The number of likely N-dealkylation sites (N-methyl/N-ethyl adjacent to an activating group) is 1. The van der Waals surface area contributed by atoms with Gasteiger partial charge in [0.15, 0.2) is 17.6 Å². The Morgan fingerprint density at radius 1 is 1.44 bits per heavy atom. The van der Waals surface area contributed by atoms with Gasteiger partial charge in [0, 0.05) is 13.6 Å². The van der Waals surface area contributed by atoms with E-state index in [1.165, 1.54) is 4.90 Å². The summed E-state index contributed by atoms with van der Waals surface area (Å²) in [7, 11) is -0.412. The third-order valence-electron chi connectivity index (χ3n) is 2.37. The largest absolute Gasteiger partial charge is 0.464 e. The van der Waals surface area contributed by atoms with Crippen molar-refractivity contribution in [2.24, 2.45) is 4.99 Å². The lowest BCUT2D eigenvalue weighted by molar-refractivity contribution is -0.142. The number of hydrogen-bond donors (Lipinski definition) is 0. The number of ether oxygens (including phenoxy) is 3. The first-order valence-electron chi connectivity index (χ1n) is 6.64. The smallest absolute Gasteiger partial charge is 0.359 e. The van der Waals surface area contributed by atoms with Crippen LogP contribution in [0.15, 0.2) is 16.4 Å². The third-order valence-corrected chi connectivity index (χ3v) is 2.37. The molecule has 0 spiro atoms. The molecule has 0 aromatic rings. The third kappa shape index (κ3) is 2.51. The summed E-state index contributed by atoms with van der Waals surface area (Å²) in [5.41, 5.74) is -0.472. The fourth-order valence-electron chi connectivity index (χ4n) is 1.53. The van der Waals surface area contributed by atoms with Gasteiger partial charge >= 0.3 is 11.9 Å². The van der Waals surface area contributed by atoms with Crippen LogP contribution in [0, 0.1) is 0 Å². The first-order chi connectivity index (χ1) is 9.75. The van der Waals surface area contributed by atoms with E-state index in [0.717, 1.165) is 20.4 Å². The molecule has 1 atom stereocenters. The van der Waals surface area contributed by atoms with Crippen molar-refractivity contribution in [3.63, 3.8) is 0 Å². The lowest BCUT2D eigenvalue weighted by atomic mass is 10.2. The second kappa shape index (κ2) is 6.15. The van der Waals surface area contributed by atoms with Gasteiger partial charge in [0.25, 0.3) is 0 Å². The zero-order valence-corrected chi connectivity index (χ0v) is 10.3. The van der Waals surface area contributed by atoms with E-state index in [4.69, 9.17) is 8.85 Å². The molecule has 0 saturated carbocycles. The average Bonchev–Trinajstić information content (AvgIpc) is 2.43. The molecule has 0 radical (unpaired) electrons. The van der Waals surface area contributed by atoms with Crippen LogP contribution in [0.4, 0.5) is 0 Å². The monoisotopic (exact) mass is 259 g/mol. The van der Waals surface area contributed by atoms with Crippen molar-refractivity contribution < 1.29 is 27.9 Å². The standard InChI is InChI=1S/C11H16N2O5/c1-5-13-7(16-2)6-12-8(10(14)17-3)9(13)11(15)18-4/h6-7H,5H2,1-4H3/i2D3. The Morgan fingerprint density at radius 2 is 2.11 bits per heavy atom. The number of carbonyl (C=O) groups excluding carboxylic acids is 2. The second-order valence-electron chi connectivity index (χ2n) is 3.25. The van der Waals surface area contributed by atoms with Crippen LogP contribution < -0.4 is 0 Å². The summed E-state index contributed by atoms with van der Waals surface area (Å²) < 4.78 is 35.4. The predicted octanol–water partition coefficient (Wildman–Crippen LogP) is -0.0772. The molecule has 0 aromatic heterocycles. The number of methoxy groups -OCH3 is 3. The molecule has 0 bridgehead atoms. The minimum atomic E-state index is -2.69. The van der Waals surface area contributed by atoms with Crippen LogP contribution in [0.5, 0.6) is 0 Å². The van der Waals surface area contributed by atoms with Gasteiger partial charge in [-0.25, -0.2) is 14.6 Å². The Hall–Kier alpha value is -1.89. The van der Waals surface area contributed by atoms with E-state index in [1.54, 1.807) is 6.92 Å². The highest BCUT2D eigenvalue weighted by Crippen LogP contribution is 2.21. The van der Waals surface area contributed by atoms with Crippen LogP contribution in [-0.2, 0) is 23.8 Å². The van der Waals surface area contributed by atoms with Crippen molar-refractivity contribution in [1.29, 1.82) is 0 Å². The first-order valence-corrected chi connectivity index (χ1v) is 5.14. The van der Waals surface area contributed by atoms with Gasteiger partial charge in [-0.2, -0.15) is 0 Å². The zero-order valence-electron chi connectivity index (χ0n) is 13.3. The number of aliphatic imine (C=N–C) groups is 1. The van der Waals surface area contributed by atoms with Crippen LogP contribution in [0.2, 0.25) is 0 Å². The van der Waals surface area contributed by atoms with Gasteiger partial charge in [0.1, 0.15) is 0 Å². The molecule has 1 heterocycles. The molecule has 0 aliphatic carbocycles. The minimum absolute atomic E-state index is 0.192. The molecule has 1 rings (SSSR count). The molecule has 0 aromatic carbocycles. The Labute approximate surface area is 109 Å². The summed E-state index contributed by atoms with van der Waals surface area (Å²) in [5, 5.41) is 0. The van der Waals surface area contributed by atoms with Gasteiger partial charge in [-0.3, -0.25) is 0 Å². The fourth-order valence-corrected chi connectivity index (χ4v) is 1.53. The van der Waals surface area contributed by atoms with Gasteiger partial charge in [-0.15, -0.1) is 0 Å². The summed E-state index contributed by atoms with van der Waals surface area (Å²) >= 11 is 0. The molecule has 1 aliphatic rings. The highest BCUT2D eigenvalue weighted by Gasteiger charge is 2.33. The van der Waals surface area contributed by atoms with Crippen molar-refractivity contribution >= 4 is 18.2 Å². The van der Waals surface area contributed by atoms with E-state index in [1.807, 2.05) is 0 Å². The van der Waals surface area contributed by atoms with Gasteiger partial charge in [-0.05, 0) is 6.92 Å². The fraction of sp³-hybridized carbons (Fsp3) is 0.545. The van der Waals surface area contributed by atoms with Crippen molar-refractivity contribution in [3.8, 4) is 0 Å². The van der Waals surface area contributed by atoms with Crippen molar-refractivity contribution in [1.82, 2.24) is 4.90 Å². The highest BCUT2D eigenvalue weighted by atomic mass is 16.5. The van der Waals surface area contributed by atoms with Crippen molar-refractivity contribution in [3.05, 3.63) is 11.4 Å². The predicted molar refractivity (Wildman–Crippen MR) is 62.7 cm³/mol. The Balaban J connectivity index is 3.26. The Bertz CT molecular complexity index is 487. The number of rotatable bonds is 4. The highest BCUT2D eigenvalue weighted by molar-refractivity contribution is 6.02. The van der Waals surface area contributed by atoms with Crippen molar-refractivity contribution in [2.45, 2.75) is 13.2 Å². The lowest BCUT2D eigenvalue weighted by Crippen LogP contribution is -2.43. The molecule has 1 unspecified atom stereocenters. The SMILES string of the molecule is [2H]C([2H])([2H])OC1C=NC(C(=O)OC)=C(C(=O)OC)N1CC. The quantitative estimate of drug-likeness (QED) is 0.657. The summed E-state index contributed by atoms with van der Waals surface area (Å²) in [6.07, 6.45) is -0.000758. The van der Waals surface area contributed by atoms with Crippen LogP contribution in [0.3, 0.4) is 0 Å². The van der Waals surface area contributed by atoms with E-state index in [2.05, 4.69) is 14.5 Å². The number of carbonyl (C=O) groups is 2. The summed E-state index contributed by atoms with van der Waals surface area (Å²) in [5.74, 6) is -1.68. The van der Waals surface area contributed by atoms with E-state index in [-0.39, 0.29) is 17.9 Å². The summed E-state index contributed by atoms with van der Waals surface area (Å²) in [6.45, 7) is 1.85. The van der Waals surface area contributed by atoms with Crippen LogP contribution in [0.25, 0.3) is 0 Å². The molecule has 18 heavy (non-hydrogen) atoms. The molecule has 0 N–H and O–H groups in total. The molecule has 100 valence electrons. The van der Waals surface area contributed by atoms with E-state index in [0.29, 0.717) is 0 Å². The topological polar surface area (TPSA) is 77.4 Å². The summed E-state index contributed by atoms with van der Waals surface area (Å²) in [4.78, 5) is 28.6. The normalized spacial score (nSPS) is 22.1. The molecule has 7 nitrogen and oxygen atoms in total. The molecule has 0 saturated heterocycles. The van der Waals surface area contributed by atoms with Crippen LogP contribution in [-0.4, -0.2) is 57.1 Å². The van der Waals surface area contributed by atoms with Gasteiger partial charge in [-0.1, -0.05) is 0 Å². The number of hydrogen-bond acceptors (Lipinski definition) is 7. The molecular formula is C11H16N2O5. The van der Waals surface area contributed by atoms with E-state index >= 15 is 0 Å². The maximum Gasteiger partial charge on any atom is 0.359 e. The van der Waals surface area contributed by atoms with Crippen LogP contribution >= 0.6 is 0 Å². The maximum atomic E-state index is 11.9. The second-order valence-corrected chi connectivity index (χ2v) is 3.25. The molecule has 7 heteroatoms. The van der Waals surface area contributed by atoms with Gasteiger partial charge in [0.2, 0.25) is 0 Å². The first kappa shape index (κ1) is 10.1. The van der Waals surface area contributed by atoms with Crippen molar-refractivity contribution in [2.75, 3.05) is 27.8 Å². The molecule has 1 aliphatic heterocycles. The molecular weight excluding hydrogens is 240 g/mol. The molecule has 0 fully saturated rings. The van der Waals surface area contributed by atoms with Gasteiger partial charge in [0.05, 0.1) is 24.5 Å². The van der Waals surface area contributed by atoms with Crippen LogP contribution in [0.1, 0.15) is 11.0 Å². The lowest BCUT2D eigenvalue weighted by Gasteiger charge is -2.32. The van der Waals surface area contributed by atoms with Gasteiger partial charge < -0.3 is 19.1 Å². The Morgan fingerprint density at radius 3 is 2.61 bits per heavy atom. The number of nitrogens with zero attached hydrogens (tertiary/aromatic N) is 2. The van der Waals surface area contributed by atoms with E-state index in [9.17, 15) is 9.59 Å². The average molecular weight is 259 g/mol. The minimum Gasteiger partial charge on any atom is -0.464 e. The maximum absolute atomic E-state index is 11.9. The molecule has 0 amide bonds. The zero-order chi connectivity index (χ0) is 16.2. The van der Waals surface area contributed by atoms with E-state index < -0.39 is 25.2 Å². The number of esters is 2.